The molecule has 1 atom stereocenters. The van der Waals surface area contributed by atoms with Crippen LogP contribution in [0.1, 0.15) is 35.3 Å². The summed E-state index contributed by atoms with van der Waals surface area (Å²) in [5.41, 5.74) is 0.964. The van der Waals surface area contributed by atoms with Crippen LogP contribution in [0.25, 0.3) is 0 Å². The van der Waals surface area contributed by atoms with Gasteiger partial charge >= 0.3 is 0 Å². The Morgan fingerprint density at radius 2 is 2.18 bits per heavy atom. The predicted molar refractivity (Wildman–Crippen MR) is 111 cm³/mol. The van der Waals surface area contributed by atoms with Gasteiger partial charge in [-0.15, -0.1) is 10.2 Å². The first-order valence-corrected chi connectivity index (χ1v) is 10.3. The van der Waals surface area contributed by atoms with Crippen LogP contribution in [0, 0.1) is 13.8 Å². The van der Waals surface area contributed by atoms with Gasteiger partial charge in [0.2, 0.25) is 11.0 Å². The highest BCUT2D eigenvalue weighted by Crippen LogP contribution is 2.28. The third kappa shape index (κ3) is 5.56. The first kappa shape index (κ1) is 20.3. The number of anilines is 2. The van der Waals surface area contributed by atoms with E-state index in [1.54, 1.807) is 6.08 Å². The Bertz CT molecular complexity index is 849. The topological polar surface area (TPSA) is 87.1 Å². The van der Waals surface area contributed by atoms with Crippen molar-refractivity contribution < 1.29 is 4.79 Å². The number of hydrogen-bond acceptors (Lipinski definition) is 8. The van der Waals surface area contributed by atoms with Crippen LogP contribution in [0.2, 0.25) is 0 Å². The van der Waals surface area contributed by atoms with Gasteiger partial charge in [-0.05, 0) is 40.8 Å². The van der Waals surface area contributed by atoms with Crippen LogP contribution >= 0.6 is 11.3 Å². The molecule has 1 fully saturated rings. The van der Waals surface area contributed by atoms with Gasteiger partial charge < -0.3 is 15.1 Å². The van der Waals surface area contributed by atoms with Gasteiger partial charge in [-0.1, -0.05) is 17.4 Å². The number of hydrogen-bond donors (Lipinski definition) is 1. The van der Waals surface area contributed by atoms with Crippen LogP contribution in [0.4, 0.5) is 10.9 Å². The Morgan fingerprint density at radius 1 is 1.36 bits per heavy atom. The molecule has 2 aromatic heterocycles. The zero-order chi connectivity index (χ0) is 20.1. The summed E-state index contributed by atoms with van der Waals surface area (Å²) in [4.78, 5) is 25.5. The van der Waals surface area contributed by atoms with E-state index in [-0.39, 0.29) is 11.8 Å². The van der Waals surface area contributed by atoms with E-state index in [9.17, 15) is 4.79 Å². The maximum absolute atomic E-state index is 12.5. The normalized spacial score (nSPS) is 17.5. The molecule has 1 saturated heterocycles. The second kappa shape index (κ2) is 9.20. The summed E-state index contributed by atoms with van der Waals surface area (Å²) in [5, 5.41) is 12.9. The van der Waals surface area contributed by atoms with Crippen molar-refractivity contribution in [3.8, 4) is 0 Å². The van der Waals surface area contributed by atoms with E-state index in [2.05, 4.69) is 25.5 Å². The molecule has 3 heterocycles. The molecule has 28 heavy (non-hydrogen) atoms. The van der Waals surface area contributed by atoms with Crippen LogP contribution in [0.15, 0.2) is 18.2 Å². The number of aromatic nitrogens is 4. The van der Waals surface area contributed by atoms with Crippen molar-refractivity contribution in [2.75, 3.05) is 39.0 Å². The monoisotopic (exact) mass is 401 g/mol. The van der Waals surface area contributed by atoms with E-state index in [1.165, 1.54) is 11.3 Å². The lowest BCUT2D eigenvalue weighted by Gasteiger charge is -2.32. The molecule has 0 aromatic carbocycles. The molecule has 1 aliphatic heterocycles. The van der Waals surface area contributed by atoms with Gasteiger partial charge in [0.05, 0.1) is 5.69 Å². The number of carbonyl (C=O) groups excluding carboxylic acids is 1. The predicted octanol–water partition coefficient (Wildman–Crippen LogP) is 2.51. The number of piperidine rings is 1. The number of aryl methyl sites for hydroxylation is 2. The first-order valence-electron chi connectivity index (χ1n) is 9.43. The maximum Gasteiger partial charge on any atom is 0.246 e. The highest BCUT2D eigenvalue weighted by atomic mass is 32.1. The van der Waals surface area contributed by atoms with Crippen LogP contribution < -0.4 is 5.32 Å². The van der Waals surface area contributed by atoms with E-state index in [0.717, 1.165) is 36.6 Å². The summed E-state index contributed by atoms with van der Waals surface area (Å²) in [6, 6.07) is 1.96. The minimum absolute atomic E-state index is 0.0695. The third-order valence-corrected chi connectivity index (χ3v) is 5.26. The van der Waals surface area contributed by atoms with Gasteiger partial charge in [0, 0.05) is 37.7 Å². The molecular weight excluding hydrogens is 374 g/mol. The summed E-state index contributed by atoms with van der Waals surface area (Å²) in [7, 11) is 3.97. The standard InChI is InChI=1S/C19H27N7OS/c1-13-20-16(11-17(21-13)22-19-24-23-14(2)28-19)15-7-5-10-26(12-15)18(27)8-6-9-25(3)4/h6,8,11,15H,5,7,9-10,12H2,1-4H3,(H,20,21,22,24)/b8-6+/t15-/m1/s1. The molecule has 2 aromatic rings. The van der Waals surface area contributed by atoms with Crippen LogP contribution in [-0.4, -0.2) is 69.6 Å². The van der Waals surface area contributed by atoms with Crippen molar-refractivity contribution in [1.82, 2.24) is 30.0 Å². The molecule has 1 amide bonds. The second-order valence-corrected chi connectivity index (χ2v) is 8.45. The van der Waals surface area contributed by atoms with Crippen molar-refractivity contribution in [3.63, 3.8) is 0 Å². The fourth-order valence-electron chi connectivity index (χ4n) is 3.21. The number of likely N-dealkylation sites (N-methyl/N-ethyl adjacent to an activating group) is 1. The van der Waals surface area contributed by atoms with Crippen molar-refractivity contribution in [2.45, 2.75) is 32.6 Å². The third-order valence-electron chi connectivity index (χ3n) is 4.50. The number of amides is 1. The Labute approximate surface area is 169 Å². The molecule has 1 N–H and O–H groups in total. The number of carbonyl (C=O) groups is 1. The van der Waals surface area contributed by atoms with Gasteiger partial charge in [0.15, 0.2) is 0 Å². The Kier molecular flexibility index (Phi) is 6.69. The molecule has 0 radical (unpaired) electrons. The van der Waals surface area contributed by atoms with E-state index >= 15 is 0 Å². The summed E-state index contributed by atoms with van der Waals surface area (Å²) in [6.45, 7) is 6.03. The fraction of sp³-hybridized carbons (Fsp3) is 0.526. The molecule has 8 nitrogen and oxygen atoms in total. The molecule has 9 heteroatoms. The van der Waals surface area contributed by atoms with Crippen LogP contribution in [0.5, 0.6) is 0 Å². The molecular formula is C19H27N7OS. The number of rotatable bonds is 6. The van der Waals surface area contributed by atoms with Crippen LogP contribution in [-0.2, 0) is 4.79 Å². The zero-order valence-electron chi connectivity index (χ0n) is 16.8. The highest BCUT2D eigenvalue weighted by molar-refractivity contribution is 7.15. The van der Waals surface area contributed by atoms with E-state index in [1.807, 2.05) is 49.9 Å². The van der Waals surface area contributed by atoms with Crippen LogP contribution in [0.3, 0.4) is 0 Å². The molecule has 0 spiro atoms. The van der Waals surface area contributed by atoms with Crippen molar-refractivity contribution in [3.05, 3.63) is 34.7 Å². The van der Waals surface area contributed by atoms with E-state index in [4.69, 9.17) is 0 Å². The first-order chi connectivity index (χ1) is 13.4. The zero-order valence-corrected chi connectivity index (χ0v) is 17.7. The average molecular weight is 402 g/mol. The fourth-order valence-corrected chi connectivity index (χ4v) is 3.81. The van der Waals surface area contributed by atoms with Gasteiger partial charge in [-0.3, -0.25) is 4.79 Å². The minimum atomic E-state index is 0.0695. The lowest BCUT2D eigenvalue weighted by atomic mass is 9.94. The van der Waals surface area contributed by atoms with Gasteiger partial charge in [-0.25, -0.2) is 9.97 Å². The maximum atomic E-state index is 12.5. The van der Waals surface area contributed by atoms with Crippen molar-refractivity contribution in [2.24, 2.45) is 0 Å². The van der Waals surface area contributed by atoms with E-state index < -0.39 is 0 Å². The van der Waals surface area contributed by atoms with Gasteiger partial charge in [-0.2, -0.15) is 0 Å². The Balaban J connectivity index is 1.70. The summed E-state index contributed by atoms with van der Waals surface area (Å²) in [5.74, 6) is 1.70. The van der Waals surface area contributed by atoms with Gasteiger partial charge in [0.1, 0.15) is 16.6 Å². The quantitative estimate of drug-likeness (QED) is 0.744. The minimum Gasteiger partial charge on any atom is -0.339 e. The second-order valence-electron chi connectivity index (χ2n) is 7.26. The van der Waals surface area contributed by atoms with Crippen molar-refractivity contribution >= 4 is 28.2 Å². The molecule has 150 valence electrons. The van der Waals surface area contributed by atoms with Gasteiger partial charge in [0.25, 0.3) is 0 Å². The lowest BCUT2D eigenvalue weighted by Crippen LogP contribution is -2.38. The summed E-state index contributed by atoms with van der Waals surface area (Å²) >= 11 is 1.49. The highest BCUT2D eigenvalue weighted by Gasteiger charge is 2.25. The summed E-state index contributed by atoms with van der Waals surface area (Å²) in [6.07, 6.45) is 5.57. The molecule has 0 aliphatic carbocycles. The molecule has 0 saturated carbocycles. The lowest BCUT2D eigenvalue weighted by molar-refractivity contribution is -0.127. The van der Waals surface area contributed by atoms with Crippen molar-refractivity contribution in [1.29, 1.82) is 0 Å². The molecule has 0 bridgehead atoms. The smallest absolute Gasteiger partial charge is 0.246 e. The summed E-state index contributed by atoms with van der Waals surface area (Å²) < 4.78 is 0. The Hall–Kier alpha value is -2.39. The Morgan fingerprint density at radius 3 is 2.89 bits per heavy atom. The largest absolute Gasteiger partial charge is 0.339 e. The number of nitrogens with one attached hydrogen (secondary N) is 1. The van der Waals surface area contributed by atoms with E-state index in [0.29, 0.717) is 23.3 Å². The number of nitrogens with zero attached hydrogens (tertiary/aromatic N) is 6. The SMILES string of the molecule is Cc1nc(Nc2nnc(C)s2)cc([C@@H]2CCCN(C(=O)/C=C/CN(C)C)C2)n1. The molecule has 0 unspecified atom stereocenters. The average Bonchev–Trinajstić information content (AvgIpc) is 3.05. The number of likely N-dealkylation sites (tertiary alicyclic amines) is 1. The molecule has 1 aliphatic rings. The molecule has 3 rings (SSSR count).